The second kappa shape index (κ2) is 6.79. The van der Waals surface area contributed by atoms with Gasteiger partial charge in [0.25, 0.3) is 5.92 Å². The molecule has 1 aromatic carbocycles. The Morgan fingerprint density at radius 2 is 1.95 bits per heavy atom. The number of halogens is 2. The molecule has 0 saturated heterocycles. The Hall–Kier alpha value is -1.49. The summed E-state index contributed by atoms with van der Waals surface area (Å²) in [7, 11) is 0. The quantitative estimate of drug-likeness (QED) is 0.719. The Balaban J connectivity index is 1.61. The number of hydrogen-bond donors (Lipinski definition) is 2. The summed E-state index contributed by atoms with van der Waals surface area (Å²) >= 11 is 0. The fourth-order valence-corrected chi connectivity index (χ4v) is 1.93. The topological polar surface area (TPSA) is 41.1 Å². The molecule has 20 heavy (non-hydrogen) atoms. The van der Waals surface area contributed by atoms with Crippen LogP contribution in [0.15, 0.2) is 30.3 Å². The van der Waals surface area contributed by atoms with Crippen molar-refractivity contribution in [3.05, 3.63) is 35.9 Å². The first kappa shape index (κ1) is 14.9. The summed E-state index contributed by atoms with van der Waals surface area (Å²) in [5.41, 5.74) is 0.0129. The molecule has 0 heterocycles. The molecule has 2 N–H and O–H groups in total. The van der Waals surface area contributed by atoms with Crippen molar-refractivity contribution in [1.29, 1.82) is 0 Å². The van der Waals surface area contributed by atoms with Gasteiger partial charge in [-0.05, 0) is 25.8 Å². The van der Waals surface area contributed by atoms with Crippen LogP contribution in [0.2, 0.25) is 0 Å². The average molecular weight is 282 g/mol. The average Bonchev–Trinajstić information content (AvgIpc) is 3.23. The van der Waals surface area contributed by atoms with Crippen molar-refractivity contribution >= 4 is 5.91 Å². The third kappa shape index (κ3) is 4.89. The number of rotatable bonds is 8. The smallest absolute Gasteiger partial charge is 0.285 e. The summed E-state index contributed by atoms with van der Waals surface area (Å²) in [5, 5.41) is 5.59. The van der Waals surface area contributed by atoms with E-state index in [9.17, 15) is 13.6 Å². The lowest BCUT2D eigenvalue weighted by Gasteiger charge is -2.17. The van der Waals surface area contributed by atoms with E-state index in [0.717, 1.165) is 12.8 Å². The third-order valence-electron chi connectivity index (χ3n) is 3.24. The second-order valence-electron chi connectivity index (χ2n) is 5.19. The molecule has 1 fully saturated rings. The lowest BCUT2D eigenvalue weighted by Crippen LogP contribution is -2.32. The maximum Gasteiger partial charge on any atom is 0.285 e. The first-order valence-corrected chi connectivity index (χ1v) is 7.01. The van der Waals surface area contributed by atoms with Gasteiger partial charge in [-0.15, -0.1) is 0 Å². The van der Waals surface area contributed by atoms with Crippen LogP contribution in [-0.2, 0) is 10.7 Å². The van der Waals surface area contributed by atoms with Gasteiger partial charge < -0.3 is 10.6 Å². The van der Waals surface area contributed by atoms with Crippen molar-refractivity contribution in [3.63, 3.8) is 0 Å². The van der Waals surface area contributed by atoms with Crippen molar-refractivity contribution in [2.75, 3.05) is 13.1 Å². The van der Waals surface area contributed by atoms with E-state index in [1.54, 1.807) is 18.2 Å². The largest absolute Gasteiger partial charge is 0.353 e. The zero-order valence-electron chi connectivity index (χ0n) is 11.4. The van der Waals surface area contributed by atoms with Gasteiger partial charge in [0, 0.05) is 18.0 Å². The minimum atomic E-state index is -2.88. The summed E-state index contributed by atoms with van der Waals surface area (Å²) in [6, 6.07) is 8.12. The molecular formula is C15H20F2N2O. The molecule has 2 rings (SSSR count). The van der Waals surface area contributed by atoms with Crippen LogP contribution < -0.4 is 10.6 Å². The highest BCUT2D eigenvalue weighted by Gasteiger charge is 2.30. The van der Waals surface area contributed by atoms with Crippen LogP contribution in [0, 0.1) is 0 Å². The van der Waals surface area contributed by atoms with E-state index in [2.05, 4.69) is 10.6 Å². The number of amides is 1. The lowest BCUT2D eigenvalue weighted by molar-refractivity contribution is -0.121. The second-order valence-corrected chi connectivity index (χ2v) is 5.19. The third-order valence-corrected chi connectivity index (χ3v) is 3.24. The molecule has 1 aliphatic rings. The molecule has 0 radical (unpaired) electrons. The van der Waals surface area contributed by atoms with E-state index < -0.39 is 12.5 Å². The molecule has 0 spiro atoms. The Labute approximate surface area is 117 Å². The highest BCUT2D eigenvalue weighted by atomic mass is 19.3. The SMILES string of the molecule is O=C(CCCNCC(F)(F)c1ccccc1)NC1CC1. The monoisotopic (exact) mass is 282 g/mol. The Morgan fingerprint density at radius 1 is 1.25 bits per heavy atom. The minimum absolute atomic E-state index is 0.0129. The summed E-state index contributed by atoms with van der Waals surface area (Å²) in [6.07, 6.45) is 3.09. The summed E-state index contributed by atoms with van der Waals surface area (Å²) < 4.78 is 27.6. The standard InChI is InChI=1S/C15H20F2N2O/c16-15(17,12-5-2-1-3-6-12)11-18-10-4-7-14(20)19-13-8-9-13/h1-3,5-6,13,18H,4,7-11H2,(H,19,20). The summed E-state index contributed by atoms with van der Waals surface area (Å²) in [4.78, 5) is 11.4. The Bertz CT molecular complexity index is 433. The van der Waals surface area contributed by atoms with Crippen LogP contribution in [0.25, 0.3) is 0 Å². The molecule has 0 aromatic heterocycles. The molecule has 1 amide bonds. The number of benzene rings is 1. The van der Waals surface area contributed by atoms with Gasteiger partial charge in [0.15, 0.2) is 0 Å². The molecule has 110 valence electrons. The van der Waals surface area contributed by atoms with E-state index >= 15 is 0 Å². The molecule has 0 bridgehead atoms. The van der Waals surface area contributed by atoms with Gasteiger partial charge in [-0.2, -0.15) is 8.78 Å². The first-order chi connectivity index (χ1) is 9.58. The molecule has 0 aliphatic heterocycles. The van der Waals surface area contributed by atoms with Gasteiger partial charge in [0.1, 0.15) is 0 Å². The highest BCUT2D eigenvalue weighted by molar-refractivity contribution is 5.76. The van der Waals surface area contributed by atoms with E-state index in [0.29, 0.717) is 25.4 Å². The van der Waals surface area contributed by atoms with Gasteiger partial charge in [0.2, 0.25) is 5.91 Å². The van der Waals surface area contributed by atoms with E-state index in [-0.39, 0.29) is 11.5 Å². The van der Waals surface area contributed by atoms with Gasteiger partial charge in [-0.1, -0.05) is 30.3 Å². The molecule has 1 saturated carbocycles. The van der Waals surface area contributed by atoms with E-state index in [1.165, 1.54) is 12.1 Å². The van der Waals surface area contributed by atoms with Gasteiger partial charge in [-0.25, -0.2) is 0 Å². The van der Waals surface area contributed by atoms with Crippen molar-refractivity contribution in [2.45, 2.75) is 37.6 Å². The molecule has 1 aromatic rings. The predicted molar refractivity (Wildman–Crippen MR) is 73.6 cm³/mol. The van der Waals surface area contributed by atoms with Crippen molar-refractivity contribution < 1.29 is 13.6 Å². The number of alkyl halides is 2. The van der Waals surface area contributed by atoms with Crippen molar-refractivity contribution in [3.8, 4) is 0 Å². The zero-order valence-corrected chi connectivity index (χ0v) is 11.4. The van der Waals surface area contributed by atoms with Gasteiger partial charge in [-0.3, -0.25) is 4.79 Å². The molecule has 5 heteroatoms. The van der Waals surface area contributed by atoms with E-state index in [1.807, 2.05) is 0 Å². The number of carbonyl (C=O) groups excluding carboxylic acids is 1. The summed E-state index contributed by atoms with van der Waals surface area (Å²) in [6.45, 7) is 0.0156. The molecular weight excluding hydrogens is 262 g/mol. The van der Waals surface area contributed by atoms with Gasteiger partial charge >= 0.3 is 0 Å². The molecule has 1 aliphatic carbocycles. The number of nitrogens with one attached hydrogen (secondary N) is 2. The Kier molecular flexibility index (Phi) is 5.06. The number of carbonyl (C=O) groups is 1. The zero-order chi connectivity index (χ0) is 14.4. The minimum Gasteiger partial charge on any atom is -0.353 e. The lowest BCUT2D eigenvalue weighted by atomic mass is 10.1. The normalized spacial score (nSPS) is 15.1. The van der Waals surface area contributed by atoms with Crippen LogP contribution in [0.3, 0.4) is 0 Å². The maximum absolute atomic E-state index is 13.8. The van der Waals surface area contributed by atoms with Crippen LogP contribution in [0.5, 0.6) is 0 Å². The number of hydrogen-bond acceptors (Lipinski definition) is 2. The Morgan fingerprint density at radius 3 is 2.60 bits per heavy atom. The van der Waals surface area contributed by atoms with Crippen molar-refractivity contribution in [2.24, 2.45) is 0 Å². The summed E-state index contributed by atoms with van der Waals surface area (Å²) in [5.74, 6) is -2.86. The fraction of sp³-hybridized carbons (Fsp3) is 0.533. The van der Waals surface area contributed by atoms with Crippen molar-refractivity contribution in [1.82, 2.24) is 10.6 Å². The fourth-order valence-electron chi connectivity index (χ4n) is 1.93. The molecule has 0 unspecified atom stereocenters. The first-order valence-electron chi connectivity index (χ1n) is 7.01. The van der Waals surface area contributed by atoms with Crippen LogP contribution in [0.4, 0.5) is 8.78 Å². The molecule has 0 atom stereocenters. The van der Waals surface area contributed by atoms with Crippen LogP contribution in [0.1, 0.15) is 31.2 Å². The van der Waals surface area contributed by atoms with Gasteiger partial charge in [0.05, 0.1) is 6.54 Å². The van der Waals surface area contributed by atoms with E-state index in [4.69, 9.17) is 0 Å². The highest BCUT2D eigenvalue weighted by Crippen LogP contribution is 2.26. The van der Waals surface area contributed by atoms with Crippen LogP contribution in [-0.4, -0.2) is 25.0 Å². The maximum atomic E-state index is 13.8. The predicted octanol–water partition coefficient (Wildman–Crippen LogP) is 2.43. The molecule has 3 nitrogen and oxygen atoms in total. The van der Waals surface area contributed by atoms with Crippen LogP contribution >= 0.6 is 0 Å².